The van der Waals surface area contributed by atoms with Crippen LogP contribution in [0.3, 0.4) is 0 Å². The Labute approximate surface area is 152 Å². The molecule has 0 bridgehead atoms. The van der Waals surface area contributed by atoms with Crippen LogP contribution in [-0.4, -0.2) is 42.5 Å². The number of hydrogen-bond donors (Lipinski definition) is 2. The lowest BCUT2D eigenvalue weighted by Gasteiger charge is -2.42. The predicted octanol–water partition coefficient (Wildman–Crippen LogP) is 2.52. The van der Waals surface area contributed by atoms with Crippen LogP contribution in [0.1, 0.15) is 38.3 Å². The number of nitrogens with one attached hydrogen (secondary N) is 1. The van der Waals surface area contributed by atoms with Crippen molar-refractivity contribution in [2.75, 3.05) is 19.6 Å². The number of halogens is 1. The van der Waals surface area contributed by atoms with Crippen molar-refractivity contribution in [3.8, 4) is 0 Å². The van der Waals surface area contributed by atoms with Gasteiger partial charge in [0.05, 0.1) is 6.54 Å². The first kappa shape index (κ1) is 20.9. The topological polar surface area (TPSA) is 58.4 Å². The lowest BCUT2D eigenvalue weighted by molar-refractivity contribution is -0.123. The third-order valence-electron chi connectivity index (χ3n) is 4.95. The van der Waals surface area contributed by atoms with Gasteiger partial charge in [0.2, 0.25) is 5.91 Å². The molecule has 24 heavy (non-hydrogen) atoms. The molecule has 1 heterocycles. The molecule has 1 aliphatic heterocycles. The van der Waals surface area contributed by atoms with Crippen LogP contribution >= 0.6 is 12.4 Å². The van der Waals surface area contributed by atoms with Gasteiger partial charge in [-0.1, -0.05) is 38.1 Å². The molecular weight excluding hydrogens is 322 g/mol. The van der Waals surface area contributed by atoms with Crippen LogP contribution in [0, 0.1) is 12.3 Å². The van der Waals surface area contributed by atoms with Gasteiger partial charge in [-0.25, -0.2) is 0 Å². The second kappa shape index (κ2) is 8.84. The van der Waals surface area contributed by atoms with Gasteiger partial charge in [-0.2, -0.15) is 0 Å². The van der Waals surface area contributed by atoms with E-state index >= 15 is 0 Å². The Kier molecular flexibility index (Phi) is 7.71. The molecule has 5 heteroatoms. The number of rotatable bonds is 5. The van der Waals surface area contributed by atoms with E-state index in [4.69, 9.17) is 5.73 Å². The molecule has 1 aromatic rings. The Morgan fingerprint density at radius 1 is 1.42 bits per heavy atom. The largest absolute Gasteiger partial charge is 0.352 e. The summed E-state index contributed by atoms with van der Waals surface area (Å²) in [5.74, 6) is 0.109. The number of piperidine rings is 1. The van der Waals surface area contributed by atoms with E-state index in [1.165, 1.54) is 11.1 Å². The van der Waals surface area contributed by atoms with Crippen LogP contribution in [0.4, 0.5) is 0 Å². The summed E-state index contributed by atoms with van der Waals surface area (Å²) >= 11 is 0. The normalized spacial score (nSPS) is 21.6. The Balaban J connectivity index is 0.00000288. The number of carbonyl (C=O) groups is 1. The number of nitrogens with zero attached hydrogens (tertiary/aromatic N) is 1. The molecule has 0 spiro atoms. The molecular formula is C19H32ClN3O. The second-order valence-electron chi connectivity index (χ2n) is 7.69. The van der Waals surface area contributed by atoms with E-state index in [-0.39, 0.29) is 35.8 Å². The molecule has 2 unspecified atom stereocenters. The molecule has 3 N–H and O–H groups in total. The van der Waals surface area contributed by atoms with Gasteiger partial charge in [0.25, 0.3) is 0 Å². The smallest absolute Gasteiger partial charge is 0.234 e. The van der Waals surface area contributed by atoms with Gasteiger partial charge < -0.3 is 11.1 Å². The summed E-state index contributed by atoms with van der Waals surface area (Å²) in [7, 11) is 0. The van der Waals surface area contributed by atoms with Gasteiger partial charge in [-0.05, 0) is 43.2 Å². The van der Waals surface area contributed by atoms with E-state index in [9.17, 15) is 4.79 Å². The van der Waals surface area contributed by atoms with Crippen LogP contribution in [0.5, 0.6) is 0 Å². The maximum absolute atomic E-state index is 12.3. The molecule has 136 valence electrons. The summed E-state index contributed by atoms with van der Waals surface area (Å²) in [6, 6.07) is 8.71. The minimum absolute atomic E-state index is 0. The molecule has 1 saturated heterocycles. The Morgan fingerprint density at radius 2 is 2.08 bits per heavy atom. The van der Waals surface area contributed by atoms with E-state index in [2.05, 4.69) is 56.1 Å². The summed E-state index contributed by atoms with van der Waals surface area (Å²) in [5, 5.41) is 3.13. The van der Waals surface area contributed by atoms with E-state index in [0.29, 0.717) is 6.54 Å². The van der Waals surface area contributed by atoms with Crippen molar-refractivity contribution in [3.05, 3.63) is 35.4 Å². The fourth-order valence-corrected chi connectivity index (χ4v) is 3.36. The third kappa shape index (κ3) is 5.76. The lowest BCUT2D eigenvalue weighted by Crippen LogP contribution is -2.54. The zero-order chi connectivity index (χ0) is 17.0. The monoisotopic (exact) mass is 353 g/mol. The van der Waals surface area contributed by atoms with Crippen molar-refractivity contribution >= 4 is 18.3 Å². The maximum Gasteiger partial charge on any atom is 0.234 e. The van der Waals surface area contributed by atoms with Crippen molar-refractivity contribution < 1.29 is 4.79 Å². The highest BCUT2D eigenvalue weighted by Gasteiger charge is 2.33. The number of aryl methyl sites for hydroxylation is 1. The molecule has 1 aromatic carbocycles. The number of amides is 1. The molecule has 4 nitrogen and oxygen atoms in total. The zero-order valence-corrected chi connectivity index (χ0v) is 16.2. The van der Waals surface area contributed by atoms with E-state index < -0.39 is 0 Å². The van der Waals surface area contributed by atoms with Gasteiger partial charge >= 0.3 is 0 Å². The fraction of sp³-hybridized carbons (Fsp3) is 0.632. The molecule has 1 aliphatic rings. The maximum atomic E-state index is 12.3. The number of likely N-dealkylation sites (tertiary alicyclic amines) is 1. The standard InChI is InChI=1S/C19H31N3O.ClH/c1-14-7-5-6-8-16(14)11-15(2)21-18(23)12-22-10-9-17(20)19(3,4)13-22;/h5-8,15,17H,9-13,20H2,1-4H3,(H,21,23);1H. The van der Waals surface area contributed by atoms with Crippen LogP contribution in [-0.2, 0) is 11.2 Å². The molecule has 2 atom stereocenters. The number of nitrogens with two attached hydrogens (primary N) is 1. The molecule has 0 radical (unpaired) electrons. The molecule has 0 aromatic heterocycles. The Bertz CT molecular complexity index is 547. The number of benzene rings is 1. The number of carbonyl (C=O) groups excluding carboxylic acids is 1. The molecule has 1 amide bonds. The van der Waals surface area contributed by atoms with Crippen molar-refractivity contribution in [3.63, 3.8) is 0 Å². The van der Waals surface area contributed by atoms with E-state index in [1.807, 2.05) is 6.07 Å². The summed E-state index contributed by atoms with van der Waals surface area (Å²) in [4.78, 5) is 14.5. The van der Waals surface area contributed by atoms with E-state index in [0.717, 1.165) is 25.9 Å². The highest BCUT2D eigenvalue weighted by Crippen LogP contribution is 2.27. The Hall–Kier alpha value is -1.10. The molecule has 1 fully saturated rings. The van der Waals surface area contributed by atoms with Crippen molar-refractivity contribution in [2.24, 2.45) is 11.1 Å². The van der Waals surface area contributed by atoms with Gasteiger partial charge in [-0.3, -0.25) is 9.69 Å². The molecule has 0 aliphatic carbocycles. The SMILES string of the molecule is Cc1ccccc1CC(C)NC(=O)CN1CCC(N)C(C)(C)C1.Cl. The van der Waals surface area contributed by atoms with Crippen molar-refractivity contribution in [1.29, 1.82) is 0 Å². The summed E-state index contributed by atoms with van der Waals surface area (Å²) < 4.78 is 0. The fourth-order valence-electron chi connectivity index (χ4n) is 3.36. The van der Waals surface area contributed by atoms with Crippen LogP contribution in [0.15, 0.2) is 24.3 Å². The van der Waals surface area contributed by atoms with Crippen LogP contribution in [0.2, 0.25) is 0 Å². The summed E-state index contributed by atoms with van der Waals surface area (Å²) in [6.45, 7) is 10.8. The van der Waals surface area contributed by atoms with Crippen molar-refractivity contribution in [2.45, 2.75) is 52.6 Å². The first-order valence-electron chi connectivity index (χ1n) is 8.60. The Morgan fingerprint density at radius 3 is 2.71 bits per heavy atom. The quantitative estimate of drug-likeness (QED) is 0.855. The predicted molar refractivity (Wildman–Crippen MR) is 103 cm³/mol. The highest BCUT2D eigenvalue weighted by atomic mass is 35.5. The third-order valence-corrected chi connectivity index (χ3v) is 4.95. The number of hydrogen-bond acceptors (Lipinski definition) is 3. The summed E-state index contributed by atoms with van der Waals surface area (Å²) in [6.07, 6.45) is 1.83. The molecule has 2 rings (SSSR count). The first-order valence-corrected chi connectivity index (χ1v) is 8.60. The van der Waals surface area contributed by atoms with Crippen LogP contribution < -0.4 is 11.1 Å². The first-order chi connectivity index (χ1) is 10.8. The highest BCUT2D eigenvalue weighted by molar-refractivity contribution is 5.85. The summed E-state index contributed by atoms with van der Waals surface area (Å²) in [5.41, 5.74) is 8.81. The van der Waals surface area contributed by atoms with Gasteiger partial charge in [0.15, 0.2) is 0 Å². The average molecular weight is 354 g/mol. The lowest BCUT2D eigenvalue weighted by atomic mass is 9.80. The minimum atomic E-state index is 0. The molecule has 0 saturated carbocycles. The second-order valence-corrected chi connectivity index (χ2v) is 7.69. The van der Waals surface area contributed by atoms with Crippen LogP contribution in [0.25, 0.3) is 0 Å². The van der Waals surface area contributed by atoms with Gasteiger partial charge in [0, 0.05) is 25.2 Å². The van der Waals surface area contributed by atoms with Gasteiger partial charge in [-0.15, -0.1) is 12.4 Å². The van der Waals surface area contributed by atoms with E-state index in [1.54, 1.807) is 0 Å². The van der Waals surface area contributed by atoms with Gasteiger partial charge in [0.1, 0.15) is 0 Å². The average Bonchev–Trinajstić information content (AvgIpc) is 2.45. The minimum Gasteiger partial charge on any atom is -0.352 e. The van der Waals surface area contributed by atoms with Crippen molar-refractivity contribution in [1.82, 2.24) is 10.2 Å². The zero-order valence-electron chi connectivity index (χ0n) is 15.3.